The van der Waals surface area contributed by atoms with E-state index in [1.165, 1.54) is 10.8 Å². The molecule has 6 nitrogen and oxygen atoms in total. The van der Waals surface area contributed by atoms with Gasteiger partial charge in [0.15, 0.2) is 5.82 Å². The lowest BCUT2D eigenvalue weighted by atomic mass is 9.99. The van der Waals surface area contributed by atoms with Gasteiger partial charge in [-0.25, -0.2) is 14.8 Å². The molecule has 0 unspecified atom stereocenters. The van der Waals surface area contributed by atoms with Gasteiger partial charge in [-0.1, -0.05) is 121 Å². The molecule has 0 fully saturated rings. The van der Waals surface area contributed by atoms with Crippen LogP contribution in [0.4, 0.5) is 5.69 Å². The Morgan fingerprint density at radius 2 is 1.02 bits per heavy atom. The van der Waals surface area contributed by atoms with Crippen molar-refractivity contribution in [2.45, 2.75) is 0 Å². The Labute approximate surface area is 310 Å². The van der Waals surface area contributed by atoms with E-state index in [0.29, 0.717) is 34.0 Å². The molecular weight excluding hydrogens is 661 g/mol. The van der Waals surface area contributed by atoms with Crippen molar-refractivity contribution in [1.82, 2.24) is 19.1 Å². The van der Waals surface area contributed by atoms with Crippen LogP contribution in [-0.4, -0.2) is 19.1 Å². The highest BCUT2D eigenvalue weighted by Gasteiger charge is 2.23. The molecule has 7 aromatic carbocycles. The second-order valence-electron chi connectivity index (χ2n) is 13.2. The maximum Gasteiger partial charge on any atom is 0.211 e. The van der Waals surface area contributed by atoms with Crippen LogP contribution in [0.2, 0.25) is 0 Å². The van der Waals surface area contributed by atoms with Crippen molar-refractivity contribution in [2.75, 3.05) is 0 Å². The van der Waals surface area contributed by atoms with Crippen LogP contribution in [0, 0.1) is 17.9 Å². The lowest BCUT2D eigenvalue weighted by Crippen LogP contribution is -2.01. The second-order valence-corrected chi connectivity index (χ2v) is 13.2. The average Bonchev–Trinajstić information content (AvgIpc) is 3.76. The number of benzene rings is 7. The van der Waals surface area contributed by atoms with Crippen molar-refractivity contribution >= 4 is 49.3 Å². The van der Waals surface area contributed by atoms with E-state index in [1.807, 2.05) is 91.0 Å². The molecule has 0 saturated heterocycles. The molecule has 0 bridgehead atoms. The van der Waals surface area contributed by atoms with Gasteiger partial charge in [0.25, 0.3) is 0 Å². The number of rotatable bonds is 5. The summed E-state index contributed by atoms with van der Waals surface area (Å²) in [4.78, 5) is 14.0. The van der Waals surface area contributed by atoms with Gasteiger partial charge in [0.05, 0.1) is 45.7 Å². The molecule has 0 N–H and O–H groups in total. The molecule has 54 heavy (non-hydrogen) atoms. The van der Waals surface area contributed by atoms with Crippen molar-refractivity contribution in [3.05, 3.63) is 187 Å². The van der Waals surface area contributed by atoms with Gasteiger partial charge in [-0.05, 0) is 54.1 Å². The quantitative estimate of drug-likeness (QED) is 0.169. The molecule has 6 heteroatoms. The van der Waals surface area contributed by atoms with Gasteiger partial charge in [0, 0.05) is 38.4 Å². The molecule has 0 aliphatic carbocycles. The fraction of sp³-hybridized carbons (Fsp3) is 0. The summed E-state index contributed by atoms with van der Waals surface area (Å²) in [6.45, 7) is 8.46. The zero-order valence-electron chi connectivity index (χ0n) is 28.8. The highest BCUT2D eigenvalue weighted by molar-refractivity contribution is 6.29. The minimum atomic E-state index is 0.360. The molecular formula is C48H28N6. The Kier molecular flexibility index (Phi) is 7.15. The number of para-hydroxylation sites is 3. The first-order valence-corrected chi connectivity index (χ1v) is 17.7. The summed E-state index contributed by atoms with van der Waals surface area (Å²) in [7, 11) is 0. The highest BCUT2D eigenvalue weighted by atomic mass is 15.0. The molecule has 250 valence electrons. The Hall–Kier alpha value is -7.80. The molecule has 3 heterocycles. The van der Waals surface area contributed by atoms with E-state index >= 15 is 0 Å². The minimum Gasteiger partial charge on any atom is -0.319 e. The van der Waals surface area contributed by atoms with E-state index in [-0.39, 0.29) is 0 Å². The summed E-state index contributed by atoms with van der Waals surface area (Å²) in [6, 6.07) is 59.5. The molecule has 0 spiro atoms. The molecule has 0 atom stereocenters. The van der Waals surface area contributed by atoms with Gasteiger partial charge >= 0.3 is 0 Å². The van der Waals surface area contributed by atoms with Crippen LogP contribution >= 0.6 is 0 Å². The van der Waals surface area contributed by atoms with Crippen molar-refractivity contribution in [3.63, 3.8) is 0 Å². The van der Waals surface area contributed by atoms with Crippen LogP contribution in [0.3, 0.4) is 0 Å². The topological polar surface area (TPSA) is 63.8 Å². The van der Waals surface area contributed by atoms with Crippen molar-refractivity contribution in [2.24, 2.45) is 0 Å². The molecule has 10 aromatic rings. The number of nitriles is 1. The molecule has 10 rings (SSSR count). The third-order valence-corrected chi connectivity index (χ3v) is 10.2. The van der Waals surface area contributed by atoms with Gasteiger partial charge < -0.3 is 9.13 Å². The predicted molar refractivity (Wildman–Crippen MR) is 218 cm³/mol. The maximum absolute atomic E-state index is 10.6. The average molecular weight is 689 g/mol. The normalized spacial score (nSPS) is 11.3. The van der Waals surface area contributed by atoms with Gasteiger partial charge in [-0.3, -0.25) is 0 Å². The second kappa shape index (κ2) is 12.5. The van der Waals surface area contributed by atoms with Crippen LogP contribution < -0.4 is 0 Å². The summed E-state index contributed by atoms with van der Waals surface area (Å²) in [5.74, 6) is 0.512. The third kappa shape index (κ3) is 4.72. The van der Waals surface area contributed by atoms with Gasteiger partial charge in [0.2, 0.25) is 5.69 Å². The van der Waals surface area contributed by atoms with Gasteiger partial charge in [-0.2, -0.15) is 5.26 Å². The molecule has 3 aromatic heterocycles. The Morgan fingerprint density at radius 3 is 1.63 bits per heavy atom. The predicted octanol–water partition coefficient (Wildman–Crippen LogP) is 12.1. The molecule has 0 amide bonds. The van der Waals surface area contributed by atoms with Crippen LogP contribution in [0.1, 0.15) is 5.56 Å². The summed E-state index contributed by atoms with van der Waals surface area (Å²) in [6.07, 6.45) is 0. The fourth-order valence-electron chi connectivity index (χ4n) is 7.88. The largest absolute Gasteiger partial charge is 0.319 e. The third-order valence-electron chi connectivity index (χ3n) is 10.2. The van der Waals surface area contributed by atoms with Crippen LogP contribution in [-0.2, 0) is 0 Å². The van der Waals surface area contributed by atoms with Crippen molar-refractivity contribution in [1.29, 1.82) is 5.26 Å². The Balaban J connectivity index is 1.23. The van der Waals surface area contributed by atoms with Gasteiger partial charge in [-0.15, -0.1) is 0 Å². The van der Waals surface area contributed by atoms with E-state index in [4.69, 9.17) is 16.5 Å². The van der Waals surface area contributed by atoms with E-state index in [9.17, 15) is 5.26 Å². The van der Waals surface area contributed by atoms with Crippen LogP contribution in [0.25, 0.3) is 93.7 Å². The van der Waals surface area contributed by atoms with Crippen molar-refractivity contribution in [3.8, 4) is 51.3 Å². The molecule has 0 radical (unpaired) electrons. The van der Waals surface area contributed by atoms with E-state index in [0.717, 1.165) is 55.3 Å². The molecule has 0 saturated carbocycles. The zero-order valence-corrected chi connectivity index (χ0v) is 28.8. The van der Waals surface area contributed by atoms with Crippen LogP contribution in [0.15, 0.2) is 170 Å². The summed E-state index contributed by atoms with van der Waals surface area (Å²) >= 11 is 0. The maximum atomic E-state index is 10.6. The Bertz CT molecular complexity index is 3160. The monoisotopic (exact) mass is 688 g/mol. The summed E-state index contributed by atoms with van der Waals surface area (Å²) in [5, 5.41) is 15.2. The lowest BCUT2D eigenvalue weighted by molar-refractivity contribution is 1.16. The number of aromatic nitrogens is 4. The first-order valence-electron chi connectivity index (χ1n) is 17.7. The van der Waals surface area contributed by atoms with E-state index in [2.05, 4.69) is 98.9 Å². The van der Waals surface area contributed by atoms with E-state index < -0.39 is 0 Å². The number of nitrogens with zero attached hydrogens (tertiary/aromatic N) is 6. The molecule has 0 aliphatic heterocycles. The Morgan fingerprint density at radius 1 is 0.500 bits per heavy atom. The SMILES string of the molecule is [C-]#[N+]c1cc(-c2nc(-c3ccccc3)nc(-c3ccccc3)c2C#N)ccc1-n1c2ccccc2c2c3c4ccccc4n(-c4ccccc4)c3ccc21. The number of hydrogen-bond donors (Lipinski definition) is 0. The van der Waals surface area contributed by atoms with Gasteiger partial charge in [0.1, 0.15) is 11.6 Å². The first kappa shape index (κ1) is 31.0. The minimum absolute atomic E-state index is 0.360. The standard InChI is InChI=1S/C48H28N6/c1-50-38-29-33(47-37(30-49)46(31-15-5-2-6-16-31)51-48(52-47)32-17-7-3-8-18-32)25-26-41(38)54-40-24-14-12-22-36(40)45-43(54)28-27-42-44(45)35-21-11-13-23-39(35)53(42)34-19-9-4-10-20-34/h2-29H. The highest BCUT2D eigenvalue weighted by Crippen LogP contribution is 2.44. The first-order chi connectivity index (χ1) is 26.7. The smallest absolute Gasteiger partial charge is 0.211 e. The number of fused-ring (bicyclic) bond motifs is 7. The van der Waals surface area contributed by atoms with Crippen LogP contribution in [0.5, 0.6) is 0 Å². The fourth-order valence-corrected chi connectivity index (χ4v) is 7.88. The molecule has 0 aliphatic rings. The summed E-state index contributed by atoms with van der Waals surface area (Å²) < 4.78 is 4.53. The van der Waals surface area contributed by atoms with Crippen molar-refractivity contribution < 1.29 is 0 Å². The zero-order chi connectivity index (χ0) is 36.2. The number of hydrogen-bond acceptors (Lipinski definition) is 3. The van der Waals surface area contributed by atoms with E-state index in [1.54, 1.807) is 0 Å². The lowest BCUT2D eigenvalue weighted by Gasteiger charge is -2.15. The summed E-state index contributed by atoms with van der Waals surface area (Å²) in [5.41, 5.74) is 10.3.